The van der Waals surface area contributed by atoms with Crippen molar-refractivity contribution in [2.75, 3.05) is 31.1 Å². The van der Waals surface area contributed by atoms with E-state index in [0.29, 0.717) is 24.7 Å². The van der Waals surface area contributed by atoms with Crippen molar-refractivity contribution in [3.05, 3.63) is 72.3 Å². The van der Waals surface area contributed by atoms with Crippen LogP contribution in [0.2, 0.25) is 0 Å². The van der Waals surface area contributed by atoms with Crippen molar-refractivity contribution in [1.82, 2.24) is 19.8 Å². The Balaban J connectivity index is 1.54. The normalized spacial score (nSPS) is 14.8. The number of piperidine rings is 1. The maximum atomic E-state index is 12.7. The second-order valence-electron chi connectivity index (χ2n) is 8.50. The minimum absolute atomic E-state index is 0.0579. The van der Waals surface area contributed by atoms with Crippen LogP contribution < -0.4 is 4.90 Å². The second kappa shape index (κ2) is 10.5. The zero-order chi connectivity index (χ0) is 23.2. The van der Waals surface area contributed by atoms with Gasteiger partial charge in [-0.1, -0.05) is 6.07 Å². The topological polar surface area (TPSA) is 75.7 Å². The second-order valence-corrected chi connectivity index (χ2v) is 8.50. The Kier molecular flexibility index (Phi) is 7.29. The first kappa shape index (κ1) is 22.9. The molecule has 0 bridgehead atoms. The van der Waals surface area contributed by atoms with Gasteiger partial charge >= 0.3 is 0 Å². The Morgan fingerprint density at radius 3 is 2.42 bits per heavy atom. The summed E-state index contributed by atoms with van der Waals surface area (Å²) >= 11 is 0. The van der Waals surface area contributed by atoms with Crippen molar-refractivity contribution in [3.8, 4) is 5.75 Å². The number of amides is 1. The number of likely N-dealkylation sites (tertiary alicyclic amines) is 1. The molecule has 0 spiro atoms. The number of benzene rings is 2. The molecular formula is C26H33N5O2. The number of hydrogen-bond donors (Lipinski definition) is 2. The van der Waals surface area contributed by atoms with Gasteiger partial charge in [0.25, 0.3) is 5.91 Å². The Bertz CT molecular complexity index is 1020. The molecule has 1 amide bonds. The van der Waals surface area contributed by atoms with E-state index in [2.05, 4.69) is 19.8 Å². The minimum Gasteiger partial charge on any atom is -0.508 e. The Morgan fingerprint density at radius 2 is 1.82 bits per heavy atom. The minimum atomic E-state index is 0.0579. The SMILES string of the molecule is CCN(CC)C(=O)c1ccc(N(c2cccc(O)c2)C2CCN(Cc3cnc[nH]3)CC2)cc1. The molecule has 174 valence electrons. The molecule has 7 heteroatoms. The summed E-state index contributed by atoms with van der Waals surface area (Å²) in [5, 5.41) is 10.1. The van der Waals surface area contributed by atoms with Crippen molar-refractivity contribution in [1.29, 1.82) is 0 Å². The van der Waals surface area contributed by atoms with Crippen LogP contribution in [0.3, 0.4) is 0 Å². The van der Waals surface area contributed by atoms with Gasteiger partial charge in [-0.15, -0.1) is 0 Å². The third-order valence-corrected chi connectivity index (χ3v) is 6.42. The van der Waals surface area contributed by atoms with Crippen LogP contribution in [0.15, 0.2) is 61.1 Å². The number of nitrogens with zero attached hydrogens (tertiary/aromatic N) is 4. The van der Waals surface area contributed by atoms with Crippen LogP contribution >= 0.6 is 0 Å². The number of anilines is 2. The van der Waals surface area contributed by atoms with Gasteiger partial charge in [0, 0.05) is 73.7 Å². The van der Waals surface area contributed by atoms with Gasteiger partial charge in [0.2, 0.25) is 0 Å². The summed E-state index contributed by atoms with van der Waals surface area (Å²) in [7, 11) is 0. The molecule has 1 aromatic heterocycles. The number of H-pyrrole nitrogens is 1. The van der Waals surface area contributed by atoms with Gasteiger partial charge in [0.1, 0.15) is 5.75 Å². The van der Waals surface area contributed by atoms with Crippen LogP contribution in [0, 0.1) is 0 Å². The van der Waals surface area contributed by atoms with Gasteiger partial charge in [-0.25, -0.2) is 4.98 Å². The molecule has 1 fully saturated rings. The number of hydrogen-bond acceptors (Lipinski definition) is 5. The predicted octanol–water partition coefficient (Wildman–Crippen LogP) is 4.40. The lowest BCUT2D eigenvalue weighted by Gasteiger charge is -2.40. The van der Waals surface area contributed by atoms with Crippen molar-refractivity contribution in [3.63, 3.8) is 0 Å². The lowest BCUT2D eigenvalue weighted by Crippen LogP contribution is -2.43. The number of aromatic amines is 1. The fraction of sp³-hybridized carbons (Fsp3) is 0.385. The molecule has 0 saturated carbocycles. The molecule has 1 aliphatic rings. The van der Waals surface area contributed by atoms with E-state index in [1.165, 1.54) is 0 Å². The smallest absolute Gasteiger partial charge is 0.253 e. The number of nitrogens with one attached hydrogen (secondary N) is 1. The number of phenols is 1. The highest BCUT2D eigenvalue weighted by Crippen LogP contribution is 2.34. The lowest BCUT2D eigenvalue weighted by atomic mass is 10.0. The van der Waals surface area contributed by atoms with E-state index in [1.54, 1.807) is 12.4 Å². The van der Waals surface area contributed by atoms with Crippen LogP contribution in [-0.2, 0) is 6.54 Å². The highest BCUT2D eigenvalue weighted by molar-refractivity contribution is 5.94. The maximum absolute atomic E-state index is 12.7. The molecule has 7 nitrogen and oxygen atoms in total. The average Bonchev–Trinajstić information content (AvgIpc) is 3.35. The summed E-state index contributed by atoms with van der Waals surface area (Å²) < 4.78 is 0. The molecule has 2 N–H and O–H groups in total. The van der Waals surface area contributed by atoms with Gasteiger partial charge in [-0.3, -0.25) is 9.69 Å². The molecule has 0 aliphatic carbocycles. The predicted molar refractivity (Wildman–Crippen MR) is 131 cm³/mol. The van der Waals surface area contributed by atoms with Crippen molar-refractivity contribution < 1.29 is 9.90 Å². The van der Waals surface area contributed by atoms with Gasteiger partial charge in [-0.05, 0) is 63.1 Å². The molecule has 3 aromatic rings. The fourth-order valence-electron chi connectivity index (χ4n) is 4.62. The molecule has 0 atom stereocenters. The summed E-state index contributed by atoms with van der Waals surface area (Å²) in [6.45, 7) is 8.24. The molecule has 33 heavy (non-hydrogen) atoms. The quantitative estimate of drug-likeness (QED) is 0.535. The number of aromatic nitrogens is 2. The number of carbonyl (C=O) groups excluding carboxylic acids is 1. The van der Waals surface area contributed by atoms with Crippen molar-refractivity contribution >= 4 is 17.3 Å². The molecule has 1 saturated heterocycles. The first-order chi connectivity index (χ1) is 16.1. The number of carbonyl (C=O) groups is 1. The first-order valence-corrected chi connectivity index (χ1v) is 11.8. The van der Waals surface area contributed by atoms with Crippen molar-refractivity contribution in [2.45, 2.75) is 39.3 Å². The highest BCUT2D eigenvalue weighted by Gasteiger charge is 2.27. The van der Waals surface area contributed by atoms with E-state index in [9.17, 15) is 9.90 Å². The maximum Gasteiger partial charge on any atom is 0.253 e. The fourth-order valence-corrected chi connectivity index (χ4v) is 4.62. The summed E-state index contributed by atoms with van der Waals surface area (Å²) in [5.74, 6) is 0.310. The molecule has 1 aliphatic heterocycles. The average molecular weight is 448 g/mol. The zero-order valence-corrected chi connectivity index (χ0v) is 19.4. The van der Waals surface area contributed by atoms with E-state index in [0.717, 1.165) is 49.5 Å². The number of phenolic OH excluding ortho intramolecular Hbond substituents is 1. The third kappa shape index (κ3) is 5.37. The van der Waals surface area contributed by atoms with Crippen molar-refractivity contribution in [2.24, 2.45) is 0 Å². The van der Waals surface area contributed by atoms with Gasteiger partial charge in [-0.2, -0.15) is 0 Å². The van der Waals surface area contributed by atoms with Crippen LogP contribution in [0.5, 0.6) is 5.75 Å². The summed E-state index contributed by atoms with van der Waals surface area (Å²) in [4.78, 5) is 26.6. The van der Waals surface area contributed by atoms with E-state index < -0.39 is 0 Å². The van der Waals surface area contributed by atoms with Gasteiger partial charge in [0.15, 0.2) is 0 Å². The standard InChI is InChI=1S/C26H33N5O2/c1-3-30(4-2)26(33)20-8-10-22(11-9-20)31(24-6-5-7-25(32)16-24)23-12-14-29(15-13-23)18-21-17-27-19-28-21/h5-11,16-17,19,23,32H,3-4,12-15,18H2,1-2H3,(H,27,28). The molecule has 4 rings (SSSR count). The van der Waals surface area contributed by atoms with Gasteiger partial charge in [0.05, 0.1) is 6.33 Å². The molecule has 0 radical (unpaired) electrons. The Morgan fingerprint density at radius 1 is 1.09 bits per heavy atom. The number of imidazole rings is 1. The molecular weight excluding hydrogens is 414 g/mol. The molecule has 2 heterocycles. The van der Waals surface area contributed by atoms with Gasteiger partial charge < -0.3 is 19.9 Å². The van der Waals surface area contributed by atoms with E-state index in [-0.39, 0.29) is 11.7 Å². The lowest BCUT2D eigenvalue weighted by molar-refractivity contribution is 0.0773. The van der Waals surface area contributed by atoms with Crippen LogP contribution in [-0.4, -0.2) is 63.0 Å². The number of rotatable bonds is 8. The largest absolute Gasteiger partial charge is 0.508 e. The number of aromatic hydroxyl groups is 1. The third-order valence-electron chi connectivity index (χ3n) is 6.42. The molecule has 0 unspecified atom stereocenters. The highest BCUT2D eigenvalue weighted by atomic mass is 16.3. The summed E-state index contributed by atoms with van der Waals surface area (Å²) in [6, 6.07) is 15.6. The van der Waals surface area contributed by atoms with E-state index >= 15 is 0 Å². The Hall–Kier alpha value is -3.32. The van der Waals surface area contributed by atoms with Crippen LogP contribution in [0.25, 0.3) is 0 Å². The Labute approximate surface area is 195 Å². The van der Waals surface area contributed by atoms with E-state index in [4.69, 9.17) is 0 Å². The first-order valence-electron chi connectivity index (χ1n) is 11.8. The van der Waals surface area contributed by atoms with Crippen LogP contribution in [0.4, 0.5) is 11.4 Å². The molecule has 2 aromatic carbocycles. The zero-order valence-electron chi connectivity index (χ0n) is 19.4. The van der Waals surface area contributed by atoms with E-state index in [1.807, 2.05) is 67.4 Å². The van der Waals surface area contributed by atoms with Crippen LogP contribution in [0.1, 0.15) is 42.7 Å². The summed E-state index contributed by atoms with van der Waals surface area (Å²) in [6.07, 6.45) is 5.61. The summed E-state index contributed by atoms with van der Waals surface area (Å²) in [5.41, 5.74) is 3.83. The monoisotopic (exact) mass is 447 g/mol.